The number of ketones is 1. The summed E-state index contributed by atoms with van der Waals surface area (Å²) >= 11 is 0. The van der Waals surface area contributed by atoms with E-state index in [4.69, 9.17) is 10.00 Å². The quantitative estimate of drug-likeness (QED) is 0.427. The van der Waals surface area contributed by atoms with Gasteiger partial charge in [0, 0.05) is 12.5 Å². The van der Waals surface area contributed by atoms with Crippen LogP contribution in [0.5, 0.6) is 5.75 Å². The fourth-order valence-electron chi connectivity index (χ4n) is 1.51. The van der Waals surface area contributed by atoms with Crippen LogP contribution in [0.25, 0.3) is 0 Å². The van der Waals surface area contributed by atoms with Crippen LogP contribution in [0.15, 0.2) is 18.2 Å². The van der Waals surface area contributed by atoms with Gasteiger partial charge in [0.05, 0.1) is 23.2 Å². The summed E-state index contributed by atoms with van der Waals surface area (Å²) in [5.41, 5.74) is 0.00116. The van der Waals surface area contributed by atoms with E-state index in [0.717, 1.165) is 0 Å². The van der Waals surface area contributed by atoms with Gasteiger partial charge in [-0.2, -0.15) is 5.26 Å². The van der Waals surface area contributed by atoms with Crippen molar-refractivity contribution in [2.45, 2.75) is 26.2 Å². The van der Waals surface area contributed by atoms with Crippen molar-refractivity contribution in [2.24, 2.45) is 0 Å². The normalized spacial score (nSPS) is 9.68. The minimum absolute atomic E-state index is 0.115. The molecule has 0 unspecified atom stereocenters. The minimum atomic E-state index is -0.578. The van der Waals surface area contributed by atoms with Gasteiger partial charge in [-0.3, -0.25) is 10.1 Å². The van der Waals surface area contributed by atoms with Crippen molar-refractivity contribution in [1.82, 2.24) is 0 Å². The van der Waals surface area contributed by atoms with Gasteiger partial charge in [0.15, 0.2) is 5.75 Å². The number of Topliss-reactive ketones (excluding diaryl/α,β-unsaturated/α-hetero) is 1. The minimum Gasteiger partial charge on any atom is -0.487 e. The molecule has 0 radical (unpaired) electrons. The zero-order valence-corrected chi connectivity index (χ0v) is 10.6. The van der Waals surface area contributed by atoms with E-state index in [1.807, 2.05) is 6.07 Å². The van der Waals surface area contributed by atoms with Crippen LogP contribution in [0.2, 0.25) is 0 Å². The number of nitrogens with zero attached hydrogens (tertiary/aromatic N) is 2. The third-order valence-corrected chi connectivity index (χ3v) is 2.47. The maximum Gasteiger partial charge on any atom is 0.312 e. The zero-order valence-electron chi connectivity index (χ0n) is 10.6. The lowest BCUT2D eigenvalue weighted by Gasteiger charge is -2.06. The summed E-state index contributed by atoms with van der Waals surface area (Å²) in [6.45, 7) is 1.83. The second kappa shape index (κ2) is 7.11. The molecule has 0 fully saturated rings. The average molecular weight is 262 g/mol. The number of nitro groups is 1. The van der Waals surface area contributed by atoms with E-state index in [0.29, 0.717) is 25.9 Å². The smallest absolute Gasteiger partial charge is 0.312 e. The van der Waals surface area contributed by atoms with E-state index >= 15 is 0 Å². The Balaban J connectivity index is 2.60. The summed E-state index contributed by atoms with van der Waals surface area (Å²) < 4.78 is 5.32. The molecule has 0 saturated heterocycles. The van der Waals surface area contributed by atoms with E-state index in [1.165, 1.54) is 25.1 Å². The number of carbonyl (C=O) groups is 1. The third kappa shape index (κ3) is 4.76. The van der Waals surface area contributed by atoms with Crippen LogP contribution in [0.1, 0.15) is 31.7 Å². The predicted molar refractivity (Wildman–Crippen MR) is 67.8 cm³/mol. The van der Waals surface area contributed by atoms with Crippen LogP contribution in [-0.2, 0) is 4.79 Å². The van der Waals surface area contributed by atoms with E-state index < -0.39 is 4.92 Å². The number of rotatable bonds is 7. The average Bonchev–Trinajstić information content (AvgIpc) is 2.38. The molecule has 0 aliphatic heterocycles. The Morgan fingerprint density at radius 3 is 2.79 bits per heavy atom. The molecule has 0 amide bonds. The summed E-state index contributed by atoms with van der Waals surface area (Å²) in [4.78, 5) is 21.0. The lowest BCUT2D eigenvalue weighted by Crippen LogP contribution is -2.02. The third-order valence-electron chi connectivity index (χ3n) is 2.47. The van der Waals surface area contributed by atoms with Gasteiger partial charge in [0.1, 0.15) is 5.78 Å². The van der Waals surface area contributed by atoms with Crippen LogP contribution in [0.4, 0.5) is 5.69 Å². The monoisotopic (exact) mass is 262 g/mol. The Kier molecular flexibility index (Phi) is 5.48. The van der Waals surface area contributed by atoms with Gasteiger partial charge in [0.2, 0.25) is 0 Å². The first-order valence-electron chi connectivity index (χ1n) is 5.85. The SMILES string of the molecule is CC(=O)CCCCOc1ccc(C#N)cc1[N+](=O)[O-]. The van der Waals surface area contributed by atoms with Crippen molar-refractivity contribution in [2.75, 3.05) is 6.61 Å². The molecule has 1 rings (SSSR count). The van der Waals surface area contributed by atoms with Crippen LogP contribution < -0.4 is 4.74 Å². The number of hydrogen-bond acceptors (Lipinski definition) is 5. The molecule has 0 aliphatic carbocycles. The van der Waals surface area contributed by atoms with Gasteiger partial charge in [-0.15, -0.1) is 0 Å². The summed E-state index contributed by atoms with van der Waals surface area (Å²) in [6.07, 6.45) is 1.83. The second-order valence-corrected chi connectivity index (χ2v) is 4.06. The Labute approximate surface area is 110 Å². The van der Waals surface area contributed by atoms with E-state index in [2.05, 4.69) is 0 Å². The van der Waals surface area contributed by atoms with E-state index in [9.17, 15) is 14.9 Å². The molecule has 1 aromatic carbocycles. The Hall–Kier alpha value is -2.42. The first kappa shape index (κ1) is 14.6. The second-order valence-electron chi connectivity index (χ2n) is 4.06. The summed E-state index contributed by atoms with van der Waals surface area (Å²) in [5, 5.41) is 19.5. The number of carbonyl (C=O) groups excluding carboxylic acids is 1. The highest BCUT2D eigenvalue weighted by atomic mass is 16.6. The van der Waals surface area contributed by atoms with Crippen LogP contribution in [0.3, 0.4) is 0 Å². The number of hydrogen-bond donors (Lipinski definition) is 0. The number of benzene rings is 1. The molecule has 0 aliphatic rings. The van der Waals surface area contributed by atoms with E-state index in [1.54, 1.807) is 0 Å². The predicted octanol–water partition coefficient (Wildman–Crippen LogP) is 2.60. The lowest BCUT2D eigenvalue weighted by molar-refractivity contribution is -0.385. The van der Waals surface area contributed by atoms with Crippen molar-refractivity contribution in [3.63, 3.8) is 0 Å². The van der Waals surface area contributed by atoms with Gasteiger partial charge in [-0.25, -0.2) is 0 Å². The molecule has 0 aromatic heterocycles. The molecule has 0 atom stereocenters. The van der Waals surface area contributed by atoms with Crippen molar-refractivity contribution >= 4 is 11.5 Å². The Morgan fingerprint density at radius 2 is 2.21 bits per heavy atom. The molecule has 19 heavy (non-hydrogen) atoms. The van der Waals surface area contributed by atoms with Crippen molar-refractivity contribution in [3.05, 3.63) is 33.9 Å². The number of unbranched alkanes of at least 4 members (excludes halogenated alkanes) is 1. The van der Waals surface area contributed by atoms with E-state index in [-0.39, 0.29) is 22.8 Å². The number of ether oxygens (including phenoxy) is 1. The highest BCUT2D eigenvalue weighted by molar-refractivity contribution is 5.75. The lowest BCUT2D eigenvalue weighted by atomic mass is 10.2. The molecule has 0 N–H and O–H groups in total. The molecule has 100 valence electrons. The number of nitriles is 1. The van der Waals surface area contributed by atoms with Crippen LogP contribution >= 0.6 is 0 Å². The zero-order chi connectivity index (χ0) is 14.3. The molecule has 6 heteroatoms. The van der Waals surface area contributed by atoms with Crippen molar-refractivity contribution < 1.29 is 14.5 Å². The van der Waals surface area contributed by atoms with Gasteiger partial charge in [0.25, 0.3) is 0 Å². The maximum atomic E-state index is 10.8. The van der Waals surface area contributed by atoms with Crippen molar-refractivity contribution in [1.29, 1.82) is 5.26 Å². The molecular formula is C13H14N2O4. The fraction of sp³-hybridized carbons (Fsp3) is 0.385. The Morgan fingerprint density at radius 1 is 1.47 bits per heavy atom. The molecule has 0 spiro atoms. The maximum absolute atomic E-state index is 10.8. The van der Waals surface area contributed by atoms with Gasteiger partial charge < -0.3 is 9.53 Å². The highest BCUT2D eigenvalue weighted by Gasteiger charge is 2.15. The Bertz CT molecular complexity index is 520. The van der Waals surface area contributed by atoms with Crippen LogP contribution in [0, 0.1) is 21.4 Å². The van der Waals surface area contributed by atoms with Gasteiger partial charge >= 0.3 is 5.69 Å². The molecule has 1 aromatic rings. The first-order chi connectivity index (χ1) is 9.04. The highest BCUT2D eigenvalue weighted by Crippen LogP contribution is 2.27. The van der Waals surface area contributed by atoms with Gasteiger partial charge in [-0.1, -0.05) is 0 Å². The largest absolute Gasteiger partial charge is 0.487 e. The molecular weight excluding hydrogens is 248 g/mol. The molecule has 0 bridgehead atoms. The first-order valence-corrected chi connectivity index (χ1v) is 5.85. The standard InChI is InChI=1S/C13H14N2O4/c1-10(16)4-2-3-7-19-13-6-5-11(9-14)8-12(13)15(17)18/h5-6,8H,2-4,7H2,1H3. The fourth-order valence-corrected chi connectivity index (χ4v) is 1.51. The van der Waals surface area contributed by atoms with Gasteiger partial charge in [-0.05, 0) is 31.9 Å². The molecule has 6 nitrogen and oxygen atoms in total. The molecule has 0 saturated carbocycles. The topological polar surface area (TPSA) is 93.2 Å². The molecule has 0 heterocycles. The van der Waals surface area contributed by atoms with Crippen LogP contribution in [-0.4, -0.2) is 17.3 Å². The summed E-state index contributed by atoms with van der Waals surface area (Å²) in [7, 11) is 0. The number of nitro benzene ring substituents is 1. The van der Waals surface area contributed by atoms with Crippen molar-refractivity contribution in [3.8, 4) is 11.8 Å². The summed E-state index contributed by atoms with van der Waals surface area (Å²) in [6, 6.07) is 5.91. The summed E-state index contributed by atoms with van der Waals surface area (Å²) in [5.74, 6) is 0.260.